The van der Waals surface area contributed by atoms with E-state index in [1.54, 1.807) is 12.1 Å². The van der Waals surface area contributed by atoms with Crippen LogP contribution in [0, 0.1) is 17.1 Å². The van der Waals surface area contributed by atoms with E-state index in [0.717, 1.165) is 11.1 Å². The maximum atomic E-state index is 13.7. The number of hydrogen-bond acceptors (Lipinski definition) is 4. The van der Waals surface area contributed by atoms with Crippen molar-refractivity contribution in [1.29, 1.82) is 5.26 Å². The average molecular weight is 354 g/mol. The fourth-order valence-electron chi connectivity index (χ4n) is 3.63. The largest absolute Gasteiger partial charge is 0.394 e. The second kappa shape index (κ2) is 7.65. The summed E-state index contributed by atoms with van der Waals surface area (Å²) in [6.07, 6.45) is 0. The molecule has 2 aromatic rings. The van der Waals surface area contributed by atoms with Crippen molar-refractivity contribution in [3.63, 3.8) is 0 Å². The van der Waals surface area contributed by atoms with Gasteiger partial charge in [-0.15, -0.1) is 0 Å². The monoisotopic (exact) mass is 354 g/mol. The fraction of sp³-hybridized carbons (Fsp3) is 0.300. The van der Waals surface area contributed by atoms with Gasteiger partial charge in [-0.3, -0.25) is 4.79 Å². The van der Waals surface area contributed by atoms with E-state index in [9.17, 15) is 19.6 Å². The van der Waals surface area contributed by atoms with Crippen molar-refractivity contribution in [1.82, 2.24) is 4.90 Å². The summed E-state index contributed by atoms with van der Waals surface area (Å²) in [6, 6.07) is 14.5. The third-order valence-electron chi connectivity index (χ3n) is 4.74. The van der Waals surface area contributed by atoms with Gasteiger partial charge in [0, 0.05) is 13.0 Å². The molecule has 3 atom stereocenters. The van der Waals surface area contributed by atoms with Gasteiger partial charge in [0.25, 0.3) is 0 Å². The third-order valence-corrected chi connectivity index (χ3v) is 4.74. The van der Waals surface area contributed by atoms with Crippen LogP contribution in [0.3, 0.4) is 0 Å². The highest BCUT2D eigenvalue weighted by molar-refractivity contribution is 5.81. The summed E-state index contributed by atoms with van der Waals surface area (Å²) in [4.78, 5) is 13.6. The van der Waals surface area contributed by atoms with Crippen molar-refractivity contribution >= 4 is 5.91 Å². The molecular weight excluding hydrogens is 335 g/mol. The number of hydrogen-bond donors (Lipinski definition) is 1. The topological polar surface area (TPSA) is 73.6 Å². The molecule has 1 saturated heterocycles. The van der Waals surface area contributed by atoms with Crippen molar-refractivity contribution in [3.05, 3.63) is 59.9 Å². The number of nitrogens with zero attached hydrogens (tertiary/aromatic N) is 2. The third kappa shape index (κ3) is 3.07. The summed E-state index contributed by atoms with van der Waals surface area (Å²) in [5.41, 5.74) is 2.29. The summed E-state index contributed by atoms with van der Waals surface area (Å²) in [7, 11) is 1.41. The highest BCUT2D eigenvalue weighted by Gasteiger charge is 2.52. The van der Waals surface area contributed by atoms with E-state index in [-0.39, 0.29) is 30.9 Å². The lowest BCUT2D eigenvalue weighted by molar-refractivity contribution is -0.150. The first-order valence-corrected chi connectivity index (χ1v) is 8.27. The Morgan fingerprint density at radius 3 is 2.73 bits per heavy atom. The summed E-state index contributed by atoms with van der Waals surface area (Å²) in [6.45, 7) is -0.414. The molecule has 0 aliphatic carbocycles. The number of aliphatic hydroxyl groups excluding tert-OH is 1. The Morgan fingerprint density at radius 2 is 2.08 bits per heavy atom. The zero-order valence-corrected chi connectivity index (χ0v) is 14.3. The van der Waals surface area contributed by atoms with Crippen LogP contribution in [0.25, 0.3) is 11.1 Å². The summed E-state index contributed by atoms with van der Waals surface area (Å²) >= 11 is 0. The lowest BCUT2D eigenvalue weighted by Gasteiger charge is -2.52. The lowest BCUT2D eigenvalue weighted by Crippen LogP contribution is -2.66. The fourth-order valence-corrected chi connectivity index (χ4v) is 3.63. The van der Waals surface area contributed by atoms with Gasteiger partial charge in [-0.1, -0.05) is 36.4 Å². The van der Waals surface area contributed by atoms with Gasteiger partial charge in [-0.2, -0.15) is 5.26 Å². The number of amides is 1. The maximum Gasteiger partial charge on any atom is 0.249 e. The van der Waals surface area contributed by atoms with Gasteiger partial charge in [0.05, 0.1) is 18.7 Å². The van der Waals surface area contributed by atoms with Crippen molar-refractivity contribution < 1.29 is 19.0 Å². The number of rotatable bonds is 5. The highest BCUT2D eigenvalue weighted by Crippen LogP contribution is 2.44. The second-order valence-corrected chi connectivity index (χ2v) is 6.18. The van der Waals surface area contributed by atoms with E-state index >= 15 is 0 Å². The quantitative estimate of drug-likeness (QED) is 0.894. The minimum absolute atomic E-state index is 0.146. The van der Waals surface area contributed by atoms with Crippen LogP contribution < -0.4 is 0 Å². The zero-order valence-electron chi connectivity index (χ0n) is 14.3. The Balaban J connectivity index is 2.01. The molecule has 1 aliphatic rings. The molecular formula is C20H19FN2O3. The first-order chi connectivity index (χ1) is 12.6. The van der Waals surface area contributed by atoms with Gasteiger partial charge in [0.15, 0.2) is 0 Å². The lowest BCUT2D eigenvalue weighted by atomic mass is 9.73. The van der Waals surface area contributed by atoms with Crippen LogP contribution >= 0.6 is 0 Å². The second-order valence-electron chi connectivity index (χ2n) is 6.18. The van der Waals surface area contributed by atoms with Crippen LogP contribution in [0.4, 0.5) is 4.39 Å². The molecule has 1 amide bonds. The number of carbonyl (C=O) groups excluding carboxylic acids is 1. The number of likely N-dealkylation sites (tertiary alicyclic amines) is 1. The predicted molar refractivity (Wildman–Crippen MR) is 93.6 cm³/mol. The van der Waals surface area contributed by atoms with E-state index < -0.39 is 12.1 Å². The molecule has 5 nitrogen and oxygen atoms in total. The Hall–Kier alpha value is -2.75. The number of halogens is 1. The number of ether oxygens (including phenoxy) is 1. The molecule has 26 heavy (non-hydrogen) atoms. The van der Waals surface area contributed by atoms with E-state index in [1.807, 2.05) is 24.3 Å². The summed E-state index contributed by atoms with van der Waals surface area (Å²) in [5.74, 6) is -1.04. The number of aliphatic hydroxyl groups is 1. The number of carbonyl (C=O) groups is 1. The standard InChI is InChI=1S/C20H19FN2O3/c1-26-12-19(25)23-17(10-22)20(18(23)11-24)16-8-3-2-7-15(16)13-5-4-6-14(21)9-13/h2-9,17-18,20,24H,11-12H2,1H3/t17-,18+,20-/m1/s1. The van der Waals surface area contributed by atoms with Gasteiger partial charge in [-0.25, -0.2) is 4.39 Å². The predicted octanol–water partition coefficient (Wildman–Crippen LogP) is 2.32. The van der Waals surface area contributed by atoms with Crippen LogP contribution in [0.1, 0.15) is 11.5 Å². The minimum atomic E-state index is -0.704. The van der Waals surface area contributed by atoms with E-state index in [2.05, 4.69) is 6.07 Å². The molecule has 134 valence electrons. The Labute approximate surface area is 151 Å². The van der Waals surface area contributed by atoms with Crippen molar-refractivity contribution in [3.8, 4) is 17.2 Å². The normalized spacial score (nSPS) is 21.8. The molecule has 0 radical (unpaired) electrons. The highest BCUT2D eigenvalue weighted by atomic mass is 19.1. The maximum absolute atomic E-state index is 13.7. The minimum Gasteiger partial charge on any atom is -0.394 e. The van der Waals surface area contributed by atoms with Crippen molar-refractivity contribution in [2.24, 2.45) is 0 Å². The number of nitriles is 1. The molecule has 6 heteroatoms. The summed E-state index contributed by atoms with van der Waals surface area (Å²) < 4.78 is 18.5. The molecule has 1 heterocycles. The van der Waals surface area contributed by atoms with Gasteiger partial charge in [0.1, 0.15) is 18.5 Å². The van der Waals surface area contributed by atoms with E-state index in [0.29, 0.717) is 5.56 Å². The van der Waals surface area contributed by atoms with Crippen LogP contribution in [-0.2, 0) is 9.53 Å². The van der Waals surface area contributed by atoms with E-state index in [4.69, 9.17) is 4.74 Å². The molecule has 1 N–H and O–H groups in total. The summed E-state index contributed by atoms with van der Waals surface area (Å²) in [5, 5.41) is 19.4. The van der Waals surface area contributed by atoms with Crippen LogP contribution in [-0.4, -0.2) is 48.3 Å². The van der Waals surface area contributed by atoms with Gasteiger partial charge < -0.3 is 14.7 Å². The average Bonchev–Trinajstić information content (AvgIpc) is 2.62. The van der Waals surface area contributed by atoms with Gasteiger partial charge in [-0.05, 0) is 28.8 Å². The molecule has 0 saturated carbocycles. The first kappa shape index (κ1) is 18.1. The Bertz CT molecular complexity index is 849. The molecule has 0 spiro atoms. The van der Waals surface area contributed by atoms with Crippen molar-refractivity contribution in [2.45, 2.75) is 18.0 Å². The molecule has 0 bridgehead atoms. The molecule has 1 aliphatic heterocycles. The van der Waals surface area contributed by atoms with Crippen LogP contribution in [0.2, 0.25) is 0 Å². The molecule has 0 unspecified atom stereocenters. The van der Waals surface area contributed by atoms with Crippen molar-refractivity contribution in [2.75, 3.05) is 20.3 Å². The number of benzene rings is 2. The molecule has 3 rings (SSSR count). The smallest absolute Gasteiger partial charge is 0.249 e. The molecule has 2 aromatic carbocycles. The Morgan fingerprint density at radius 1 is 1.31 bits per heavy atom. The SMILES string of the molecule is COCC(=O)N1[C@H](C#N)[C@@H](c2ccccc2-c2cccc(F)c2)[C@@H]1CO. The van der Waals surface area contributed by atoms with E-state index in [1.165, 1.54) is 24.1 Å². The first-order valence-electron chi connectivity index (χ1n) is 8.27. The Kier molecular flexibility index (Phi) is 5.31. The molecule has 1 fully saturated rings. The van der Waals surface area contributed by atoms with Gasteiger partial charge >= 0.3 is 0 Å². The van der Waals surface area contributed by atoms with Crippen LogP contribution in [0.5, 0.6) is 0 Å². The van der Waals surface area contributed by atoms with Gasteiger partial charge in [0.2, 0.25) is 5.91 Å². The van der Waals surface area contributed by atoms with Crippen LogP contribution in [0.15, 0.2) is 48.5 Å². The molecule has 0 aromatic heterocycles. The zero-order chi connectivity index (χ0) is 18.7. The number of methoxy groups -OCH3 is 1.